The molecule has 0 fully saturated rings. The van der Waals surface area contributed by atoms with Crippen molar-refractivity contribution in [3.8, 4) is 18.0 Å². The van der Waals surface area contributed by atoms with Gasteiger partial charge in [0, 0.05) is 12.1 Å². The Bertz CT molecular complexity index is 755. The zero-order valence-electron chi connectivity index (χ0n) is 14.0. The van der Waals surface area contributed by atoms with E-state index in [1.165, 1.54) is 0 Å². The number of rotatable bonds is 3. The molecule has 0 unspecified atom stereocenters. The Balaban J connectivity index is 2.65. The molecule has 0 bridgehead atoms. The van der Waals surface area contributed by atoms with Crippen molar-refractivity contribution >= 4 is 5.84 Å². The summed E-state index contributed by atoms with van der Waals surface area (Å²) in [4.78, 5) is 5.60. The Hall–Kier alpha value is -2.83. The SMILES string of the molecule is C=CCN(C(C)=NC#N)[C@H]1c2cc(C#N)ccc2OC(C)(C)[C@@H]1O. The Labute approximate surface area is 141 Å². The van der Waals surface area contributed by atoms with Gasteiger partial charge < -0.3 is 14.7 Å². The zero-order valence-corrected chi connectivity index (χ0v) is 14.0. The summed E-state index contributed by atoms with van der Waals surface area (Å²) in [6.45, 7) is 9.44. The van der Waals surface area contributed by atoms with E-state index < -0.39 is 17.7 Å². The first-order valence-electron chi connectivity index (χ1n) is 7.57. The standard InChI is InChI=1S/C18H20N4O2/c1-5-8-22(12(2)21-11-20)16-14-9-13(10-19)6-7-15(14)24-18(3,4)17(16)23/h5-7,9,16-17,23H,1,8H2,2-4H3/t16-,17+/m0/s1. The lowest BCUT2D eigenvalue weighted by molar-refractivity contribution is -0.0803. The van der Waals surface area contributed by atoms with Gasteiger partial charge in [-0.2, -0.15) is 15.5 Å². The molecule has 0 spiro atoms. The number of hydrogen-bond donors (Lipinski definition) is 1. The summed E-state index contributed by atoms with van der Waals surface area (Å²) in [5, 5.41) is 29.0. The Kier molecular flexibility index (Phi) is 4.92. The molecule has 124 valence electrons. The molecule has 1 heterocycles. The smallest absolute Gasteiger partial charge is 0.207 e. The summed E-state index contributed by atoms with van der Waals surface area (Å²) in [5.74, 6) is 1.07. The number of amidine groups is 1. The molecule has 1 N–H and O–H groups in total. The van der Waals surface area contributed by atoms with Crippen LogP contribution in [0.25, 0.3) is 0 Å². The molecule has 2 atom stereocenters. The first-order chi connectivity index (χ1) is 11.4. The molecule has 6 nitrogen and oxygen atoms in total. The second-order valence-electron chi connectivity index (χ2n) is 6.16. The van der Waals surface area contributed by atoms with Gasteiger partial charge >= 0.3 is 0 Å². The largest absolute Gasteiger partial charge is 0.485 e. The van der Waals surface area contributed by atoms with Crippen LogP contribution < -0.4 is 4.74 Å². The third-order valence-electron chi connectivity index (χ3n) is 4.13. The second kappa shape index (κ2) is 6.74. The van der Waals surface area contributed by atoms with Crippen LogP contribution in [0.4, 0.5) is 0 Å². The maximum absolute atomic E-state index is 10.9. The lowest BCUT2D eigenvalue weighted by Crippen LogP contribution is -2.54. The summed E-state index contributed by atoms with van der Waals surface area (Å²) in [5.41, 5.74) is 0.330. The predicted octanol–water partition coefficient (Wildman–Crippen LogP) is 2.52. The summed E-state index contributed by atoms with van der Waals surface area (Å²) in [6, 6.07) is 6.71. The van der Waals surface area contributed by atoms with Gasteiger partial charge in [0.05, 0.1) is 17.7 Å². The zero-order chi connectivity index (χ0) is 17.9. The maximum Gasteiger partial charge on any atom is 0.207 e. The van der Waals surface area contributed by atoms with Crippen LogP contribution in [0, 0.1) is 22.8 Å². The summed E-state index contributed by atoms with van der Waals surface area (Å²) in [6.07, 6.45) is 2.57. The number of aliphatic hydroxyl groups excluding tert-OH is 1. The molecule has 1 aromatic carbocycles. The van der Waals surface area contributed by atoms with Crippen LogP contribution in [0.5, 0.6) is 5.75 Å². The first kappa shape index (κ1) is 17.5. The molecule has 1 aliphatic rings. The molecule has 0 aliphatic carbocycles. The normalized spacial score (nSPS) is 21.7. The number of nitriles is 2. The summed E-state index contributed by atoms with van der Waals surface area (Å²) >= 11 is 0. The molecular formula is C18H20N4O2. The van der Waals surface area contributed by atoms with Crippen molar-refractivity contribution in [3.63, 3.8) is 0 Å². The van der Waals surface area contributed by atoms with Crippen LogP contribution in [-0.2, 0) is 0 Å². The molecular weight excluding hydrogens is 304 g/mol. The molecule has 0 saturated heterocycles. The van der Waals surface area contributed by atoms with Crippen molar-refractivity contribution < 1.29 is 9.84 Å². The van der Waals surface area contributed by atoms with Crippen molar-refractivity contribution in [2.45, 2.75) is 38.5 Å². The first-order valence-corrected chi connectivity index (χ1v) is 7.57. The van der Waals surface area contributed by atoms with Crippen LogP contribution >= 0.6 is 0 Å². The number of ether oxygens (including phenoxy) is 1. The Morgan fingerprint density at radius 3 is 2.79 bits per heavy atom. The highest BCUT2D eigenvalue weighted by atomic mass is 16.5. The van der Waals surface area contributed by atoms with E-state index in [0.717, 1.165) is 0 Å². The minimum absolute atomic E-state index is 0.394. The number of benzene rings is 1. The van der Waals surface area contributed by atoms with Crippen molar-refractivity contribution in [3.05, 3.63) is 42.0 Å². The topological polar surface area (TPSA) is 92.6 Å². The van der Waals surface area contributed by atoms with Gasteiger partial charge in [0.25, 0.3) is 0 Å². The quantitative estimate of drug-likeness (QED) is 0.399. The molecule has 0 amide bonds. The van der Waals surface area contributed by atoms with Gasteiger partial charge in [0.1, 0.15) is 23.3 Å². The van der Waals surface area contributed by atoms with E-state index in [0.29, 0.717) is 29.3 Å². The van der Waals surface area contributed by atoms with Gasteiger partial charge in [0.15, 0.2) is 0 Å². The minimum Gasteiger partial charge on any atom is -0.485 e. The van der Waals surface area contributed by atoms with Gasteiger partial charge in [0.2, 0.25) is 6.19 Å². The average Bonchev–Trinajstić information content (AvgIpc) is 2.54. The molecule has 0 saturated carbocycles. The molecule has 1 aromatic rings. The van der Waals surface area contributed by atoms with Crippen molar-refractivity contribution in [2.24, 2.45) is 4.99 Å². The molecule has 1 aliphatic heterocycles. The van der Waals surface area contributed by atoms with Crippen LogP contribution in [0.2, 0.25) is 0 Å². The fourth-order valence-electron chi connectivity index (χ4n) is 2.90. The number of fused-ring (bicyclic) bond motifs is 1. The summed E-state index contributed by atoms with van der Waals surface area (Å²) in [7, 11) is 0. The molecule has 2 rings (SSSR count). The maximum atomic E-state index is 10.9. The fourth-order valence-corrected chi connectivity index (χ4v) is 2.90. The molecule has 6 heteroatoms. The molecule has 0 aromatic heterocycles. The van der Waals surface area contributed by atoms with E-state index in [1.807, 2.05) is 0 Å². The molecule has 24 heavy (non-hydrogen) atoms. The highest BCUT2D eigenvalue weighted by molar-refractivity contribution is 5.81. The third-order valence-corrected chi connectivity index (χ3v) is 4.13. The highest BCUT2D eigenvalue weighted by Crippen LogP contribution is 2.43. The van der Waals surface area contributed by atoms with E-state index >= 15 is 0 Å². The summed E-state index contributed by atoms with van der Waals surface area (Å²) < 4.78 is 5.91. The Morgan fingerprint density at radius 2 is 2.21 bits per heavy atom. The lowest BCUT2D eigenvalue weighted by atomic mass is 9.85. The van der Waals surface area contributed by atoms with E-state index in [-0.39, 0.29) is 0 Å². The predicted molar refractivity (Wildman–Crippen MR) is 90.2 cm³/mol. The van der Waals surface area contributed by atoms with Crippen LogP contribution in [0.3, 0.4) is 0 Å². The average molecular weight is 324 g/mol. The number of aliphatic hydroxyl groups is 1. The number of hydrogen-bond acceptors (Lipinski definition) is 5. The second-order valence-corrected chi connectivity index (χ2v) is 6.16. The van der Waals surface area contributed by atoms with Crippen LogP contribution in [-0.4, -0.2) is 34.1 Å². The third kappa shape index (κ3) is 3.10. The van der Waals surface area contributed by atoms with Crippen LogP contribution in [0.15, 0.2) is 35.8 Å². The Morgan fingerprint density at radius 1 is 1.50 bits per heavy atom. The van der Waals surface area contributed by atoms with E-state index in [4.69, 9.17) is 10.00 Å². The number of aliphatic imine (C=N–C) groups is 1. The fraction of sp³-hybridized carbons (Fsp3) is 0.389. The van der Waals surface area contributed by atoms with E-state index in [1.54, 1.807) is 56.1 Å². The van der Waals surface area contributed by atoms with Crippen molar-refractivity contribution in [2.75, 3.05) is 6.54 Å². The van der Waals surface area contributed by atoms with Gasteiger partial charge in [-0.3, -0.25) is 0 Å². The van der Waals surface area contributed by atoms with Crippen LogP contribution in [0.1, 0.15) is 37.9 Å². The van der Waals surface area contributed by atoms with Gasteiger partial charge in [-0.1, -0.05) is 6.08 Å². The van der Waals surface area contributed by atoms with Gasteiger partial charge in [-0.15, -0.1) is 6.58 Å². The van der Waals surface area contributed by atoms with E-state index in [2.05, 4.69) is 17.6 Å². The van der Waals surface area contributed by atoms with Gasteiger partial charge in [-0.05, 0) is 39.0 Å². The van der Waals surface area contributed by atoms with Gasteiger partial charge in [-0.25, -0.2) is 0 Å². The van der Waals surface area contributed by atoms with Crippen molar-refractivity contribution in [1.29, 1.82) is 10.5 Å². The molecule has 0 radical (unpaired) electrons. The highest BCUT2D eigenvalue weighted by Gasteiger charge is 2.45. The van der Waals surface area contributed by atoms with Crippen molar-refractivity contribution in [1.82, 2.24) is 4.90 Å². The monoisotopic (exact) mass is 324 g/mol. The van der Waals surface area contributed by atoms with E-state index in [9.17, 15) is 10.4 Å². The lowest BCUT2D eigenvalue weighted by Gasteiger charge is -2.46. The minimum atomic E-state index is -0.886. The number of nitrogens with zero attached hydrogens (tertiary/aromatic N) is 4.